The molecule has 0 spiro atoms. The van der Waals surface area contributed by atoms with Gasteiger partial charge in [0.1, 0.15) is 5.82 Å². The van der Waals surface area contributed by atoms with E-state index in [1.165, 1.54) is 24.3 Å². The molecule has 0 heterocycles. The molecule has 2 N–H and O–H groups in total. The van der Waals surface area contributed by atoms with Crippen LogP contribution in [0.1, 0.15) is 37.8 Å². The molecule has 0 fully saturated rings. The van der Waals surface area contributed by atoms with E-state index in [4.69, 9.17) is 9.84 Å². The molecule has 1 amide bonds. The number of benzene rings is 1. The predicted molar refractivity (Wildman–Crippen MR) is 70.8 cm³/mol. The SMILES string of the molecule is CCCCOC(=O)NC(CC(=O)O)c1ccc(F)cc1. The molecule has 1 aromatic rings. The first-order chi connectivity index (χ1) is 9.52. The molecule has 1 unspecified atom stereocenters. The highest BCUT2D eigenvalue weighted by molar-refractivity contribution is 5.71. The summed E-state index contributed by atoms with van der Waals surface area (Å²) in [6.07, 6.45) is 0.667. The lowest BCUT2D eigenvalue weighted by Gasteiger charge is -2.17. The van der Waals surface area contributed by atoms with Gasteiger partial charge in [-0.25, -0.2) is 9.18 Å². The van der Waals surface area contributed by atoms with Gasteiger partial charge in [0.25, 0.3) is 0 Å². The number of aliphatic carboxylic acids is 1. The van der Waals surface area contributed by atoms with Crippen molar-refractivity contribution in [1.29, 1.82) is 0 Å². The van der Waals surface area contributed by atoms with E-state index in [9.17, 15) is 14.0 Å². The molecule has 0 aliphatic heterocycles. The number of ether oxygens (including phenoxy) is 1. The Bertz CT molecular complexity index is 447. The predicted octanol–water partition coefficient (Wildman–Crippen LogP) is 2.87. The largest absolute Gasteiger partial charge is 0.481 e. The van der Waals surface area contributed by atoms with Gasteiger partial charge in [0, 0.05) is 0 Å². The molecule has 0 saturated heterocycles. The Labute approximate surface area is 116 Å². The number of halogens is 1. The van der Waals surface area contributed by atoms with Crippen molar-refractivity contribution in [3.8, 4) is 0 Å². The molecule has 5 nitrogen and oxygen atoms in total. The number of hydrogen-bond donors (Lipinski definition) is 2. The second-order valence-corrected chi connectivity index (χ2v) is 4.34. The van der Waals surface area contributed by atoms with E-state index >= 15 is 0 Å². The average molecular weight is 283 g/mol. The maximum absolute atomic E-state index is 12.9. The number of carboxylic acid groups (broad SMARTS) is 1. The van der Waals surface area contributed by atoms with Gasteiger partial charge in [-0.2, -0.15) is 0 Å². The Morgan fingerprint density at radius 3 is 2.55 bits per heavy atom. The number of alkyl carbamates (subject to hydrolysis) is 1. The van der Waals surface area contributed by atoms with Crippen molar-refractivity contribution >= 4 is 12.1 Å². The van der Waals surface area contributed by atoms with Crippen LogP contribution in [-0.4, -0.2) is 23.8 Å². The molecule has 0 saturated carbocycles. The first kappa shape index (κ1) is 15.9. The van der Waals surface area contributed by atoms with E-state index in [1.54, 1.807) is 0 Å². The lowest BCUT2D eigenvalue weighted by molar-refractivity contribution is -0.137. The van der Waals surface area contributed by atoms with Crippen molar-refractivity contribution in [1.82, 2.24) is 5.32 Å². The molecule has 0 aliphatic rings. The molecule has 110 valence electrons. The molecular weight excluding hydrogens is 265 g/mol. The Kier molecular flexibility index (Phi) is 6.49. The maximum atomic E-state index is 12.9. The van der Waals surface area contributed by atoms with Crippen LogP contribution >= 0.6 is 0 Å². The second-order valence-electron chi connectivity index (χ2n) is 4.34. The van der Waals surface area contributed by atoms with Crippen LogP contribution in [0.3, 0.4) is 0 Å². The zero-order valence-electron chi connectivity index (χ0n) is 11.3. The second kappa shape index (κ2) is 8.14. The van der Waals surface area contributed by atoms with Gasteiger partial charge in [0.05, 0.1) is 19.1 Å². The molecular formula is C14H18FNO4. The highest BCUT2D eigenvalue weighted by Gasteiger charge is 2.18. The summed E-state index contributed by atoms with van der Waals surface area (Å²) in [5.41, 5.74) is 0.515. The minimum atomic E-state index is -1.06. The highest BCUT2D eigenvalue weighted by atomic mass is 19.1. The number of unbranched alkanes of at least 4 members (excludes halogenated alkanes) is 1. The zero-order chi connectivity index (χ0) is 15.0. The molecule has 6 heteroatoms. The van der Waals surface area contributed by atoms with Crippen LogP contribution < -0.4 is 5.32 Å². The minimum absolute atomic E-state index is 0.283. The van der Waals surface area contributed by atoms with Gasteiger partial charge in [-0.15, -0.1) is 0 Å². The van der Waals surface area contributed by atoms with Gasteiger partial charge in [-0.3, -0.25) is 4.79 Å². The van der Waals surface area contributed by atoms with E-state index < -0.39 is 23.9 Å². The zero-order valence-corrected chi connectivity index (χ0v) is 11.3. The molecule has 0 aliphatic carbocycles. The number of hydrogen-bond acceptors (Lipinski definition) is 3. The number of nitrogens with one attached hydrogen (secondary N) is 1. The molecule has 1 atom stereocenters. The first-order valence-electron chi connectivity index (χ1n) is 6.43. The standard InChI is InChI=1S/C14H18FNO4/c1-2-3-8-20-14(19)16-12(9-13(17)18)10-4-6-11(15)7-5-10/h4-7,12H,2-3,8-9H2,1H3,(H,16,19)(H,17,18). The van der Waals surface area contributed by atoms with Crippen LogP contribution in [0.2, 0.25) is 0 Å². The minimum Gasteiger partial charge on any atom is -0.481 e. The Morgan fingerprint density at radius 2 is 2.00 bits per heavy atom. The summed E-state index contributed by atoms with van der Waals surface area (Å²) in [4.78, 5) is 22.4. The van der Waals surface area contributed by atoms with Crippen molar-refractivity contribution in [2.75, 3.05) is 6.61 Å². The Balaban J connectivity index is 2.67. The van der Waals surface area contributed by atoms with E-state index in [0.29, 0.717) is 5.56 Å². The normalized spacial score (nSPS) is 11.7. The van der Waals surface area contributed by atoms with Gasteiger partial charge in [0.2, 0.25) is 0 Å². The van der Waals surface area contributed by atoms with Crippen LogP contribution in [0, 0.1) is 5.82 Å². The van der Waals surface area contributed by atoms with E-state index in [0.717, 1.165) is 12.8 Å². The summed E-state index contributed by atoms with van der Waals surface area (Å²) < 4.78 is 17.8. The maximum Gasteiger partial charge on any atom is 0.407 e. The summed E-state index contributed by atoms with van der Waals surface area (Å²) in [6.45, 7) is 2.25. The summed E-state index contributed by atoms with van der Waals surface area (Å²) in [6, 6.07) is 4.56. The monoisotopic (exact) mass is 283 g/mol. The number of carboxylic acids is 1. The van der Waals surface area contributed by atoms with E-state index in [1.807, 2.05) is 6.92 Å². The fourth-order valence-electron chi connectivity index (χ4n) is 1.62. The molecule has 1 aromatic carbocycles. The van der Waals surface area contributed by atoms with Crippen molar-refractivity contribution < 1.29 is 23.8 Å². The van der Waals surface area contributed by atoms with Gasteiger partial charge in [-0.1, -0.05) is 25.5 Å². The number of carbonyl (C=O) groups excluding carboxylic acids is 1. The van der Waals surface area contributed by atoms with Crippen molar-refractivity contribution in [3.63, 3.8) is 0 Å². The third-order valence-corrected chi connectivity index (χ3v) is 2.67. The van der Waals surface area contributed by atoms with Gasteiger partial charge < -0.3 is 15.2 Å². The molecule has 0 bridgehead atoms. The van der Waals surface area contributed by atoms with Crippen molar-refractivity contribution in [2.45, 2.75) is 32.2 Å². The Morgan fingerprint density at radius 1 is 1.35 bits per heavy atom. The van der Waals surface area contributed by atoms with E-state index in [-0.39, 0.29) is 13.0 Å². The highest BCUT2D eigenvalue weighted by Crippen LogP contribution is 2.17. The van der Waals surface area contributed by atoms with Crippen LogP contribution in [-0.2, 0) is 9.53 Å². The van der Waals surface area contributed by atoms with Crippen LogP contribution in [0.15, 0.2) is 24.3 Å². The van der Waals surface area contributed by atoms with Gasteiger partial charge >= 0.3 is 12.1 Å². The quantitative estimate of drug-likeness (QED) is 0.754. The Hall–Kier alpha value is -2.11. The fourth-order valence-corrected chi connectivity index (χ4v) is 1.62. The smallest absolute Gasteiger partial charge is 0.407 e. The summed E-state index contributed by atoms with van der Waals surface area (Å²) in [7, 11) is 0. The lowest BCUT2D eigenvalue weighted by Crippen LogP contribution is -2.31. The summed E-state index contributed by atoms with van der Waals surface area (Å²) in [5, 5.41) is 11.3. The first-order valence-corrected chi connectivity index (χ1v) is 6.43. The molecule has 0 radical (unpaired) electrons. The van der Waals surface area contributed by atoms with Gasteiger partial charge in [0.15, 0.2) is 0 Å². The summed E-state index contributed by atoms with van der Waals surface area (Å²) >= 11 is 0. The van der Waals surface area contributed by atoms with Crippen molar-refractivity contribution in [3.05, 3.63) is 35.6 Å². The topological polar surface area (TPSA) is 75.6 Å². The van der Waals surface area contributed by atoms with Crippen LogP contribution in [0.25, 0.3) is 0 Å². The number of carbonyl (C=O) groups is 2. The molecule has 0 aromatic heterocycles. The number of amides is 1. The fraction of sp³-hybridized carbons (Fsp3) is 0.429. The van der Waals surface area contributed by atoms with Gasteiger partial charge in [-0.05, 0) is 24.1 Å². The van der Waals surface area contributed by atoms with Crippen LogP contribution in [0.5, 0.6) is 0 Å². The average Bonchev–Trinajstić information content (AvgIpc) is 2.38. The lowest BCUT2D eigenvalue weighted by atomic mass is 10.0. The van der Waals surface area contributed by atoms with E-state index in [2.05, 4.69) is 5.32 Å². The summed E-state index contributed by atoms with van der Waals surface area (Å²) in [5.74, 6) is -1.48. The third-order valence-electron chi connectivity index (χ3n) is 2.67. The van der Waals surface area contributed by atoms with Crippen molar-refractivity contribution in [2.24, 2.45) is 0 Å². The molecule has 20 heavy (non-hydrogen) atoms. The van der Waals surface area contributed by atoms with Crippen LogP contribution in [0.4, 0.5) is 9.18 Å². The number of rotatable bonds is 7. The molecule has 1 rings (SSSR count). The third kappa shape index (κ3) is 5.69.